The van der Waals surface area contributed by atoms with Crippen LogP contribution in [-0.4, -0.2) is 17.7 Å². The van der Waals surface area contributed by atoms with Gasteiger partial charge in [-0.25, -0.2) is 0 Å². The Bertz CT molecular complexity index is 176. The van der Waals surface area contributed by atoms with Crippen LogP contribution in [0.15, 0.2) is 0 Å². The van der Waals surface area contributed by atoms with Gasteiger partial charge in [0.05, 0.1) is 0 Å². The number of carboxylic acids is 1. The zero-order valence-corrected chi connectivity index (χ0v) is 7.30. The van der Waals surface area contributed by atoms with Gasteiger partial charge in [-0.15, -0.1) is 0 Å². The third-order valence-corrected chi connectivity index (χ3v) is 1.31. The fourth-order valence-corrected chi connectivity index (χ4v) is 0.750. The number of ether oxygens (including phenoxy) is 1. The lowest BCUT2D eigenvalue weighted by Gasteiger charge is -1.96. The van der Waals surface area contributed by atoms with Gasteiger partial charge in [0.15, 0.2) is 0 Å². The summed E-state index contributed by atoms with van der Waals surface area (Å²) >= 11 is 0. The first kappa shape index (κ1) is 10.8. The number of unbranched alkanes of at least 4 members (excludes halogenated alkanes) is 2. The maximum atomic E-state index is 10.1. The molecule has 0 spiro atoms. The predicted molar refractivity (Wildman–Crippen MR) is 45.5 cm³/mol. The molecule has 0 unspecified atom stereocenters. The Labute approximate surface area is 72.7 Å². The van der Waals surface area contributed by atoms with Crippen molar-refractivity contribution in [2.75, 3.05) is 6.61 Å². The summed E-state index contributed by atoms with van der Waals surface area (Å²) < 4.78 is 4.88. The topological polar surface area (TPSA) is 46.5 Å². The molecule has 0 aromatic heterocycles. The maximum Gasteiger partial charge on any atom is 0.303 e. The van der Waals surface area contributed by atoms with Crippen molar-refractivity contribution in [2.45, 2.75) is 32.6 Å². The molecule has 0 bridgehead atoms. The monoisotopic (exact) mass is 170 g/mol. The zero-order valence-electron chi connectivity index (χ0n) is 7.30. The number of carboxylic acid groups (broad SMARTS) is 1. The SMILES string of the molecule is CC#COCCCCCC(=O)O. The third kappa shape index (κ3) is 8.83. The number of carbonyl (C=O) groups is 1. The largest absolute Gasteiger partial charge is 0.481 e. The molecule has 68 valence electrons. The minimum Gasteiger partial charge on any atom is -0.481 e. The van der Waals surface area contributed by atoms with Crippen molar-refractivity contribution < 1.29 is 14.6 Å². The van der Waals surface area contributed by atoms with Crippen molar-refractivity contribution in [1.29, 1.82) is 0 Å². The van der Waals surface area contributed by atoms with Crippen LogP contribution in [0.4, 0.5) is 0 Å². The summed E-state index contributed by atoms with van der Waals surface area (Å²) in [5.74, 6) is 1.88. The van der Waals surface area contributed by atoms with Crippen LogP contribution in [0.2, 0.25) is 0 Å². The molecule has 12 heavy (non-hydrogen) atoms. The van der Waals surface area contributed by atoms with E-state index in [4.69, 9.17) is 9.84 Å². The molecule has 0 saturated heterocycles. The molecule has 0 atom stereocenters. The summed E-state index contributed by atoms with van der Waals surface area (Å²) in [6.45, 7) is 2.31. The highest BCUT2D eigenvalue weighted by Gasteiger charge is 1.95. The van der Waals surface area contributed by atoms with Gasteiger partial charge in [-0.05, 0) is 19.3 Å². The maximum absolute atomic E-state index is 10.1. The van der Waals surface area contributed by atoms with E-state index in [1.165, 1.54) is 0 Å². The van der Waals surface area contributed by atoms with Gasteiger partial charge in [0, 0.05) is 13.3 Å². The molecule has 0 aliphatic carbocycles. The molecule has 0 heterocycles. The van der Waals surface area contributed by atoms with Crippen LogP contribution in [0.1, 0.15) is 32.6 Å². The average molecular weight is 170 g/mol. The lowest BCUT2D eigenvalue weighted by Crippen LogP contribution is -1.95. The summed E-state index contributed by atoms with van der Waals surface area (Å²) in [4.78, 5) is 10.1. The highest BCUT2D eigenvalue weighted by molar-refractivity contribution is 5.66. The molecule has 0 amide bonds. The normalized spacial score (nSPS) is 8.42. The van der Waals surface area contributed by atoms with E-state index >= 15 is 0 Å². The van der Waals surface area contributed by atoms with Crippen molar-refractivity contribution >= 4 is 5.97 Å². The second-order valence-corrected chi connectivity index (χ2v) is 2.40. The quantitative estimate of drug-likeness (QED) is 0.486. The Kier molecular flexibility index (Phi) is 7.16. The Hall–Kier alpha value is -1.17. The van der Waals surface area contributed by atoms with E-state index in [2.05, 4.69) is 12.0 Å². The zero-order chi connectivity index (χ0) is 9.23. The Morgan fingerprint density at radius 3 is 2.75 bits per heavy atom. The van der Waals surface area contributed by atoms with Gasteiger partial charge in [0.25, 0.3) is 0 Å². The molecule has 0 aliphatic rings. The molecule has 0 saturated carbocycles. The standard InChI is InChI=1S/C9H14O3/c1-2-7-12-8-5-3-4-6-9(10)11/h3-6,8H2,1H3,(H,10,11). The smallest absolute Gasteiger partial charge is 0.303 e. The lowest BCUT2D eigenvalue weighted by molar-refractivity contribution is -0.137. The van der Waals surface area contributed by atoms with Gasteiger partial charge in [-0.3, -0.25) is 4.79 Å². The van der Waals surface area contributed by atoms with Crippen LogP contribution in [0.5, 0.6) is 0 Å². The van der Waals surface area contributed by atoms with Gasteiger partial charge >= 0.3 is 5.97 Å². The number of rotatable bonds is 6. The Morgan fingerprint density at radius 2 is 2.17 bits per heavy atom. The molecule has 0 radical (unpaired) electrons. The summed E-state index contributed by atoms with van der Waals surface area (Å²) in [7, 11) is 0. The first-order valence-electron chi connectivity index (χ1n) is 4.02. The molecule has 3 nitrogen and oxygen atoms in total. The van der Waals surface area contributed by atoms with E-state index in [0.29, 0.717) is 6.61 Å². The van der Waals surface area contributed by atoms with Crippen LogP contribution in [0.3, 0.4) is 0 Å². The van der Waals surface area contributed by atoms with Gasteiger partial charge in [-0.1, -0.05) is 5.92 Å². The van der Waals surface area contributed by atoms with Crippen molar-refractivity contribution in [2.24, 2.45) is 0 Å². The number of hydrogen-bond acceptors (Lipinski definition) is 2. The molecule has 0 aromatic rings. The number of aliphatic carboxylic acids is 1. The molecule has 1 N–H and O–H groups in total. The van der Waals surface area contributed by atoms with Gasteiger partial charge in [0.2, 0.25) is 0 Å². The van der Waals surface area contributed by atoms with E-state index in [9.17, 15) is 4.79 Å². The van der Waals surface area contributed by atoms with Crippen LogP contribution >= 0.6 is 0 Å². The summed E-state index contributed by atoms with van der Waals surface area (Å²) in [6, 6.07) is 0. The lowest BCUT2D eigenvalue weighted by atomic mass is 10.2. The Balaban J connectivity index is 2.99. The highest BCUT2D eigenvalue weighted by atomic mass is 16.5. The first-order valence-corrected chi connectivity index (χ1v) is 4.02. The predicted octanol–water partition coefficient (Wildman–Crippen LogP) is 1.63. The Morgan fingerprint density at radius 1 is 1.42 bits per heavy atom. The van der Waals surface area contributed by atoms with Crippen molar-refractivity contribution in [3.63, 3.8) is 0 Å². The molecular weight excluding hydrogens is 156 g/mol. The van der Waals surface area contributed by atoms with Crippen molar-refractivity contribution in [3.8, 4) is 12.0 Å². The van der Waals surface area contributed by atoms with E-state index < -0.39 is 5.97 Å². The highest BCUT2D eigenvalue weighted by Crippen LogP contribution is 1.99. The van der Waals surface area contributed by atoms with E-state index in [0.717, 1.165) is 19.3 Å². The van der Waals surface area contributed by atoms with Crippen LogP contribution < -0.4 is 0 Å². The second kappa shape index (κ2) is 7.93. The van der Waals surface area contributed by atoms with E-state index in [1.807, 2.05) is 0 Å². The van der Waals surface area contributed by atoms with Gasteiger partial charge in [-0.2, -0.15) is 0 Å². The van der Waals surface area contributed by atoms with Crippen LogP contribution in [0, 0.1) is 12.0 Å². The van der Waals surface area contributed by atoms with Crippen LogP contribution in [0.25, 0.3) is 0 Å². The molecule has 0 fully saturated rings. The van der Waals surface area contributed by atoms with Gasteiger partial charge < -0.3 is 9.84 Å². The molecule has 0 aliphatic heterocycles. The molecular formula is C9H14O3. The summed E-state index contributed by atoms with van der Waals surface area (Å²) in [5, 5.41) is 8.30. The number of hydrogen-bond donors (Lipinski definition) is 1. The molecule has 0 rings (SSSR count). The second-order valence-electron chi connectivity index (χ2n) is 2.40. The minimum atomic E-state index is -0.732. The molecule has 0 aromatic carbocycles. The average Bonchev–Trinajstić information content (AvgIpc) is 2.02. The van der Waals surface area contributed by atoms with E-state index in [1.54, 1.807) is 6.92 Å². The first-order chi connectivity index (χ1) is 5.77. The fourth-order valence-electron chi connectivity index (χ4n) is 0.750. The molecule has 3 heteroatoms. The van der Waals surface area contributed by atoms with Crippen molar-refractivity contribution in [3.05, 3.63) is 0 Å². The van der Waals surface area contributed by atoms with Gasteiger partial charge in [0.1, 0.15) is 12.7 Å². The fraction of sp³-hybridized carbons (Fsp3) is 0.667. The van der Waals surface area contributed by atoms with Crippen LogP contribution in [-0.2, 0) is 9.53 Å². The summed E-state index contributed by atoms with van der Waals surface area (Å²) in [5.41, 5.74) is 0. The minimum absolute atomic E-state index is 0.249. The summed E-state index contributed by atoms with van der Waals surface area (Å²) in [6.07, 6.45) is 5.22. The van der Waals surface area contributed by atoms with E-state index in [-0.39, 0.29) is 6.42 Å². The van der Waals surface area contributed by atoms with Crippen molar-refractivity contribution in [1.82, 2.24) is 0 Å². The third-order valence-electron chi connectivity index (χ3n) is 1.31.